The number of rotatable bonds is 3. The van der Waals surface area contributed by atoms with E-state index < -0.39 is 18.8 Å². The average molecular weight is 191 g/mol. The number of hydrogen-bond donors (Lipinski definition) is 0. The van der Waals surface area contributed by atoms with Crippen molar-refractivity contribution in [3.8, 4) is 0 Å². The van der Waals surface area contributed by atoms with Gasteiger partial charge in [-0.3, -0.25) is 0 Å². The zero-order chi connectivity index (χ0) is 9.90. The van der Waals surface area contributed by atoms with Gasteiger partial charge in [-0.25, -0.2) is 8.78 Å². The van der Waals surface area contributed by atoms with Gasteiger partial charge in [-0.2, -0.15) is 8.78 Å². The predicted octanol–water partition coefficient (Wildman–Crippen LogP) is 2.93. The van der Waals surface area contributed by atoms with Crippen LogP contribution in [-0.4, -0.2) is 12.3 Å². The molecule has 0 N–H and O–H groups in total. The lowest BCUT2D eigenvalue weighted by Crippen LogP contribution is -2.29. The molecule has 13 heavy (non-hydrogen) atoms. The van der Waals surface area contributed by atoms with Crippen molar-refractivity contribution in [3.63, 3.8) is 0 Å². The Morgan fingerprint density at radius 2 is 1.77 bits per heavy atom. The third-order valence-corrected chi connectivity index (χ3v) is 1.55. The van der Waals surface area contributed by atoms with Crippen molar-refractivity contribution in [1.82, 2.24) is 0 Å². The highest BCUT2D eigenvalue weighted by Gasteiger charge is 2.40. The van der Waals surface area contributed by atoms with E-state index in [-0.39, 0.29) is 5.56 Å². The van der Waals surface area contributed by atoms with E-state index in [1.165, 1.54) is 24.3 Å². The summed E-state index contributed by atoms with van der Waals surface area (Å²) in [6.45, 7) is 0. The fourth-order valence-corrected chi connectivity index (χ4v) is 0.889. The highest BCUT2D eigenvalue weighted by atomic mass is 19.3. The van der Waals surface area contributed by atoms with Crippen molar-refractivity contribution in [2.75, 3.05) is 0 Å². The van der Waals surface area contributed by atoms with E-state index >= 15 is 0 Å². The maximum Gasteiger partial charge on any atom is 0.311 e. The van der Waals surface area contributed by atoms with E-state index in [1.807, 2.05) is 0 Å². The largest absolute Gasteiger partial charge is 0.311 e. The molecule has 1 rings (SSSR count). The highest BCUT2D eigenvalue weighted by Crippen LogP contribution is 2.26. The lowest BCUT2D eigenvalue weighted by molar-refractivity contribution is -0.127. The van der Waals surface area contributed by atoms with Crippen LogP contribution in [-0.2, 0) is 6.42 Å². The minimum Gasteiger partial charge on any atom is -0.204 e. The Labute approximate surface area is 73.2 Å². The molecule has 0 aliphatic rings. The molecule has 0 saturated heterocycles. The number of halogens is 4. The summed E-state index contributed by atoms with van der Waals surface area (Å²) < 4.78 is 48.4. The van der Waals surface area contributed by atoms with Gasteiger partial charge in [-0.05, 0) is 11.6 Å². The van der Waals surface area contributed by atoms with Crippen LogP contribution >= 0.6 is 0 Å². The third-order valence-electron chi connectivity index (χ3n) is 1.55. The maximum atomic E-state index is 12.5. The van der Waals surface area contributed by atoms with Crippen LogP contribution in [0.15, 0.2) is 24.3 Å². The van der Waals surface area contributed by atoms with Crippen molar-refractivity contribution in [2.24, 2.45) is 0 Å². The molecule has 0 amide bonds. The normalized spacial score (nSPS) is 12.1. The first-order chi connectivity index (χ1) is 6.02. The zero-order valence-electron chi connectivity index (χ0n) is 6.61. The van der Waals surface area contributed by atoms with Crippen LogP contribution in [0.25, 0.3) is 0 Å². The van der Waals surface area contributed by atoms with Gasteiger partial charge < -0.3 is 0 Å². The summed E-state index contributed by atoms with van der Waals surface area (Å²) >= 11 is 0. The third kappa shape index (κ3) is 2.72. The highest BCUT2D eigenvalue weighted by molar-refractivity contribution is 5.15. The fourth-order valence-electron chi connectivity index (χ4n) is 0.889. The van der Waals surface area contributed by atoms with E-state index in [4.69, 9.17) is 0 Å². The first-order valence-corrected chi connectivity index (χ1v) is 3.63. The minimum atomic E-state index is -3.94. The Kier molecular flexibility index (Phi) is 2.90. The van der Waals surface area contributed by atoms with Crippen molar-refractivity contribution in [2.45, 2.75) is 18.8 Å². The van der Waals surface area contributed by atoms with Crippen molar-refractivity contribution in [3.05, 3.63) is 35.9 Å². The van der Waals surface area contributed by atoms with Gasteiger partial charge in [0.1, 0.15) is 0 Å². The molecule has 0 atom stereocenters. The Morgan fingerprint density at radius 3 is 2.23 bits per heavy atom. The maximum absolute atomic E-state index is 12.5. The number of hydrogen-bond acceptors (Lipinski definition) is 0. The van der Waals surface area contributed by atoms with Crippen molar-refractivity contribution < 1.29 is 17.6 Å². The average Bonchev–Trinajstić information content (AvgIpc) is 2.05. The van der Waals surface area contributed by atoms with Gasteiger partial charge in [-0.1, -0.05) is 24.3 Å². The van der Waals surface area contributed by atoms with Crippen LogP contribution in [0, 0.1) is 6.07 Å². The molecule has 0 heterocycles. The molecule has 71 valence electrons. The molecule has 0 aliphatic carbocycles. The van der Waals surface area contributed by atoms with Gasteiger partial charge >= 0.3 is 12.3 Å². The van der Waals surface area contributed by atoms with Gasteiger partial charge in [0.15, 0.2) is 0 Å². The molecule has 4 heteroatoms. The molecule has 0 saturated carbocycles. The second kappa shape index (κ2) is 3.77. The Hall–Kier alpha value is -1.06. The fraction of sp³-hybridized carbons (Fsp3) is 0.333. The molecule has 0 aromatic heterocycles. The van der Waals surface area contributed by atoms with E-state index in [0.717, 1.165) is 0 Å². The van der Waals surface area contributed by atoms with Crippen LogP contribution in [0.3, 0.4) is 0 Å². The Morgan fingerprint density at radius 1 is 1.23 bits per heavy atom. The van der Waals surface area contributed by atoms with E-state index in [9.17, 15) is 17.6 Å². The molecule has 0 bridgehead atoms. The predicted molar refractivity (Wildman–Crippen MR) is 39.9 cm³/mol. The summed E-state index contributed by atoms with van der Waals surface area (Å²) in [4.78, 5) is 0. The molecular weight excluding hydrogens is 184 g/mol. The summed E-state index contributed by atoms with van der Waals surface area (Å²) in [7, 11) is 0. The standard InChI is InChI=1S/C9H7F4/c10-8(11)9(12,13)6-7-4-2-1-3-5-7/h2-5,8H,6H2. The van der Waals surface area contributed by atoms with E-state index in [1.54, 1.807) is 0 Å². The van der Waals surface area contributed by atoms with Crippen molar-refractivity contribution >= 4 is 0 Å². The molecule has 0 aliphatic heterocycles. The summed E-state index contributed by atoms with van der Waals surface area (Å²) in [5.41, 5.74) is 0.184. The van der Waals surface area contributed by atoms with Gasteiger partial charge in [0.05, 0.1) is 0 Å². The topological polar surface area (TPSA) is 0 Å². The second-order valence-electron chi connectivity index (χ2n) is 2.65. The summed E-state index contributed by atoms with van der Waals surface area (Å²) in [5, 5.41) is 0. The van der Waals surface area contributed by atoms with Crippen LogP contribution in [0.5, 0.6) is 0 Å². The number of benzene rings is 1. The second-order valence-corrected chi connectivity index (χ2v) is 2.65. The van der Waals surface area contributed by atoms with Crippen LogP contribution in [0.1, 0.15) is 5.56 Å². The van der Waals surface area contributed by atoms with Gasteiger partial charge in [0.25, 0.3) is 0 Å². The van der Waals surface area contributed by atoms with E-state index in [2.05, 4.69) is 6.07 Å². The minimum absolute atomic E-state index is 0.184. The smallest absolute Gasteiger partial charge is 0.204 e. The molecule has 0 spiro atoms. The molecule has 0 fully saturated rings. The monoisotopic (exact) mass is 191 g/mol. The van der Waals surface area contributed by atoms with Gasteiger partial charge in [0.2, 0.25) is 0 Å². The molecular formula is C9H7F4. The van der Waals surface area contributed by atoms with Crippen LogP contribution in [0.4, 0.5) is 17.6 Å². The molecule has 1 aromatic rings. The van der Waals surface area contributed by atoms with Crippen molar-refractivity contribution in [1.29, 1.82) is 0 Å². The first kappa shape index (κ1) is 10.0. The Bertz CT molecular complexity index is 256. The zero-order valence-corrected chi connectivity index (χ0v) is 6.61. The van der Waals surface area contributed by atoms with Gasteiger partial charge in [-0.15, -0.1) is 0 Å². The molecule has 0 nitrogen and oxygen atoms in total. The number of alkyl halides is 4. The molecule has 1 aromatic carbocycles. The summed E-state index contributed by atoms with van der Waals surface area (Å²) in [6, 6.07) is 8.13. The summed E-state index contributed by atoms with van der Waals surface area (Å²) in [5.74, 6) is -3.94. The molecule has 1 radical (unpaired) electrons. The lowest BCUT2D eigenvalue weighted by atomic mass is 10.1. The van der Waals surface area contributed by atoms with E-state index in [0.29, 0.717) is 0 Å². The van der Waals surface area contributed by atoms with Gasteiger partial charge in [0, 0.05) is 6.42 Å². The quantitative estimate of drug-likeness (QED) is 0.644. The summed E-state index contributed by atoms with van der Waals surface area (Å²) in [6.07, 6.45) is -4.55. The first-order valence-electron chi connectivity index (χ1n) is 3.63. The lowest BCUT2D eigenvalue weighted by Gasteiger charge is -2.14. The molecule has 0 unspecified atom stereocenters. The van der Waals surface area contributed by atoms with Crippen LogP contribution in [0.2, 0.25) is 0 Å². The SMILES string of the molecule is FC(F)C(F)(F)Cc1cc[c]cc1. The Balaban J connectivity index is 2.69. The van der Waals surface area contributed by atoms with Crippen LogP contribution < -0.4 is 0 Å².